The van der Waals surface area contributed by atoms with Gasteiger partial charge in [-0.3, -0.25) is 18.7 Å². The van der Waals surface area contributed by atoms with Crippen LogP contribution in [0.15, 0.2) is 59.1 Å². The molecule has 0 amide bonds. The Labute approximate surface area is 180 Å². The SMILES string of the molecule is Cc1cc(C(=O)Cn2cnc3c(nnn3-c3ccccc3)c2=O)c(C)n1-c1nccs1. The third-order valence-corrected chi connectivity index (χ3v) is 5.84. The summed E-state index contributed by atoms with van der Waals surface area (Å²) in [4.78, 5) is 34.6. The highest BCUT2D eigenvalue weighted by molar-refractivity contribution is 7.12. The molecule has 0 aliphatic carbocycles. The molecule has 9 nitrogen and oxygen atoms in total. The van der Waals surface area contributed by atoms with Crippen molar-refractivity contribution in [3.05, 3.63) is 81.6 Å². The smallest absolute Gasteiger partial charge is 0.283 e. The summed E-state index contributed by atoms with van der Waals surface area (Å²) in [5, 5.41) is 10.7. The number of carbonyl (C=O) groups excluding carboxylic acids is 1. The molecule has 0 saturated carbocycles. The van der Waals surface area contributed by atoms with Crippen LogP contribution in [-0.2, 0) is 6.54 Å². The first-order chi connectivity index (χ1) is 15.0. The molecule has 5 rings (SSSR count). The normalized spacial score (nSPS) is 11.3. The molecule has 5 aromatic rings. The molecule has 154 valence electrons. The maximum Gasteiger partial charge on any atom is 0.283 e. The minimum absolute atomic E-state index is 0.118. The largest absolute Gasteiger partial charge is 0.294 e. The first-order valence-corrected chi connectivity index (χ1v) is 10.4. The fraction of sp³-hybridized carbons (Fsp3) is 0.143. The molecule has 0 N–H and O–H groups in total. The zero-order chi connectivity index (χ0) is 21.5. The van der Waals surface area contributed by atoms with E-state index in [0.29, 0.717) is 11.2 Å². The van der Waals surface area contributed by atoms with E-state index < -0.39 is 5.56 Å². The van der Waals surface area contributed by atoms with E-state index in [1.807, 2.05) is 60.2 Å². The second kappa shape index (κ2) is 7.40. The molecule has 0 saturated heterocycles. The van der Waals surface area contributed by atoms with Gasteiger partial charge in [-0.05, 0) is 32.0 Å². The summed E-state index contributed by atoms with van der Waals surface area (Å²) in [6, 6.07) is 11.1. The molecular formula is C21H17N7O2S. The lowest BCUT2D eigenvalue weighted by Crippen LogP contribution is -2.25. The van der Waals surface area contributed by atoms with Crippen molar-refractivity contribution < 1.29 is 4.79 Å². The quantitative estimate of drug-likeness (QED) is 0.397. The van der Waals surface area contributed by atoms with Gasteiger partial charge < -0.3 is 0 Å². The van der Waals surface area contributed by atoms with Gasteiger partial charge in [0.25, 0.3) is 5.56 Å². The zero-order valence-corrected chi connectivity index (χ0v) is 17.6. The lowest BCUT2D eigenvalue weighted by atomic mass is 10.1. The van der Waals surface area contributed by atoms with Crippen LogP contribution in [0.3, 0.4) is 0 Å². The van der Waals surface area contributed by atoms with Gasteiger partial charge in [-0.15, -0.1) is 16.4 Å². The van der Waals surface area contributed by atoms with E-state index in [2.05, 4.69) is 20.3 Å². The molecule has 31 heavy (non-hydrogen) atoms. The fourth-order valence-corrected chi connectivity index (χ4v) is 4.36. The fourth-order valence-electron chi connectivity index (χ4n) is 3.61. The topological polar surface area (TPSA) is 100 Å². The van der Waals surface area contributed by atoms with Crippen molar-refractivity contribution in [2.75, 3.05) is 0 Å². The average Bonchev–Trinajstić information content (AvgIpc) is 3.50. The summed E-state index contributed by atoms with van der Waals surface area (Å²) < 4.78 is 4.71. The van der Waals surface area contributed by atoms with Gasteiger partial charge in [-0.1, -0.05) is 23.4 Å². The number of Topliss-reactive ketones (excluding diaryl/α,β-unsaturated/α-hetero) is 1. The van der Waals surface area contributed by atoms with Gasteiger partial charge in [0.05, 0.1) is 12.2 Å². The van der Waals surface area contributed by atoms with Gasteiger partial charge in [0.15, 0.2) is 22.1 Å². The molecule has 0 bridgehead atoms. The standard InChI is InChI=1S/C21H17N7O2S/c1-13-10-16(14(2)27(13)21-22-8-9-31-21)17(29)11-26-12-23-19-18(20(26)30)24-25-28(19)15-6-4-3-5-7-15/h3-10,12H,11H2,1-2H3. The van der Waals surface area contributed by atoms with Crippen molar-refractivity contribution in [1.82, 2.24) is 34.1 Å². The molecule has 0 fully saturated rings. The predicted octanol–water partition coefficient (Wildman–Crippen LogP) is 2.72. The second-order valence-electron chi connectivity index (χ2n) is 7.04. The molecule has 0 aliphatic rings. The minimum Gasteiger partial charge on any atom is -0.294 e. The van der Waals surface area contributed by atoms with E-state index in [0.717, 1.165) is 22.2 Å². The number of hydrogen-bond donors (Lipinski definition) is 0. The van der Waals surface area contributed by atoms with Crippen molar-refractivity contribution >= 4 is 28.3 Å². The molecule has 10 heteroatoms. The predicted molar refractivity (Wildman–Crippen MR) is 116 cm³/mol. The van der Waals surface area contributed by atoms with Crippen LogP contribution in [0, 0.1) is 13.8 Å². The summed E-state index contributed by atoms with van der Waals surface area (Å²) in [6.45, 7) is 3.66. The molecule has 0 unspecified atom stereocenters. The van der Waals surface area contributed by atoms with Crippen molar-refractivity contribution in [1.29, 1.82) is 0 Å². The molecular weight excluding hydrogens is 414 g/mol. The van der Waals surface area contributed by atoms with Gasteiger partial charge in [0.2, 0.25) is 0 Å². The maximum absolute atomic E-state index is 13.0. The summed E-state index contributed by atoms with van der Waals surface area (Å²) in [6.07, 6.45) is 3.09. The molecule has 0 atom stereocenters. The number of benzene rings is 1. The van der Waals surface area contributed by atoms with Crippen LogP contribution in [0.2, 0.25) is 0 Å². The van der Waals surface area contributed by atoms with E-state index in [1.165, 1.54) is 26.9 Å². The first kappa shape index (κ1) is 19.1. The van der Waals surface area contributed by atoms with E-state index in [4.69, 9.17) is 0 Å². The number of hydrogen-bond acceptors (Lipinski definition) is 7. The highest BCUT2D eigenvalue weighted by atomic mass is 32.1. The van der Waals surface area contributed by atoms with Crippen LogP contribution in [0.25, 0.3) is 22.0 Å². The summed E-state index contributed by atoms with van der Waals surface area (Å²) in [5.74, 6) is -0.186. The highest BCUT2D eigenvalue weighted by Gasteiger charge is 2.20. The van der Waals surface area contributed by atoms with Crippen molar-refractivity contribution in [3.8, 4) is 10.8 Å². The molecule has 0 aliphatic heterocycles. The van der Waals surface area contributed by atoms with Gasteiger partial charge in [-0.2, -0.15) is 4.68 Å². The number of carbonyl (C=O) groups is 1. The molecule has 4 heterocycles. The Morgan fingerprint density at radius 2 is 1.94 bits per heavy atom. The van der Waals surface area contributed by atoms with Crippen molar-refractivity contribution in [2.24, 2.45) is 0 Å². The molecule has 0 spiro atoms. The number of ketones is 1. The maximum atomic E-state index is 13.0. The molecule has 0 radical (unpaired) electrons. The van der Waals surface area contributed by atoms with Crippen LogP contribution in [-0.4, -0.2) is 39.9 Å². The Balaban J connectivity index is 1.49. The first-order valence-electron chi connectivity index (χ1n) is 9.53. The number of para-hydroxylation sites is 1. The Bertz CT molecular complexity index is 1460. The Kier molecular flexibility index (Phi) is 4.55. The van der Waals surface area contributed by atoms with Crippen LogP contribution < -0.4 is 5.56 Å². The Hall–Kier alpha value is -3.92. The third kappa shape index (κ3) is 3.17. The molecule has 1 aromatic carbocycles. The Morgan fingerprint density at radius 1 is 1.13 bits per heavy atom. The summed E-state index contributed by atoms with van der Waals surface area (Å²) in [7, 11) is 0. The Morgan fingerprint density at radius 3 is 2.68 bits per heavy atom. The number of aromatic nitrogens is 7. The zero-order valence-electron chi connectivity index (χ0n) is 16.8. The highest BCUT2D eigenvalue weighted by Crippen LogP contribution is 2.23. The van der Waals surface area contributed by atoms with Crippen LogP contribution in [0.4, 0.5) is 0 Å². The van der Waals surface area contributed by atoms with E-state index in [9.17, 15) is 9.59 Å². The molecule has 4 aromatic heterocycles. The van der Waals surface area contributed by atoms with Gasteiger partial charge in [0, 0.05) is 28.5 Å². The van der Waals surface area contributed by atoms with Gasteiger partial charge >= 0.3 is 0 Å². The van der Waals surface area contributed by atoms with E-state index in [-0.39, 0.29) is 17.8 Å². The third-order valence-electron chi connectivity index (χ3n) is 5.09. The number of rotatable bonds is 5. The minimum atomic E-state index is -0.408. The van der Waals surface area contributed by atoms with Crippen LogP contribution >= 0.6 is 11.3 Å². The lowest BCUT2D eigenvalue weighted by molar-refractivity contribution is 0.0970. The monoisotopic (exact) mass is 431 g/mol. The van der Waals surface area contributed by atoms with Crippen LogP contribution in [0.5, 0.6) is 0 Å². The second-order valence-corrected chi connectivity index (χ2v) is 7.92. The number of aryl methyl sites for hydroxylation is 1. The number of thiazole rings is 1. The van der Waals surface area contributed by atoms with Crippen LogP contribution in [0.1, 0.15) is 21.7 Å². The number of nitrogens with zero attached hydrogens (tertiary/aromatic N) is 7. The van der Waals surface area contributed by atoms with E-state index >= 15 is 0 Å². The average molecular weight is 431 g/mol. The lowest BCUT2D eigenvalue weighted by Gasteiger charge is -2.07. The van der Waals surface area contributed by atoms with Gasteiger partial charge in [-0.25, -0.2) is 9.97 Å². The summed E-state index contributed by atoms with van der Waals surface area (Å²) in [5.41, 5.74) is 3.05. The van der Waals surface area contributed by atoms with Gasteiger partial charge in [0.1, 0.15) is 6.33 Å². The van der Waals surface area contributed by atoms with E-state index in [1.54, 1.807) is 6.20 Å². The van der Waals surface area contributed by atoms with Crippen molar-refractivity contribution in [3.63, 3.8) is 0 Å². The van der Waals surface area contributed by atoms with Crippen molar-refractivity contribution in [2.45, 2.75) is 20.4 Å². The number of fused-ring (bicyclic) bond motifs is 1. The summed E-state index contributed by atoms with van der Waals surface area (Å²) >= 11 is 1.50.